The van der Waals surface area contributed by atoms with Crippen LogP contribution in [0.3, 0.4) is 0 Å². The van der Waals surface area contributed by atoms with Crippen molar-refractivity contribution in [1.82, 2.24) is 25.6 Å². The second-order valence-corrected chi connectivity index (χ2v) is 7.21. The molecule has 8 heteroatoms. The van der Waals surface area contributed by atoms with Gasteiger partial charge in [-0.15, -0.1) is 11.3 Å². The van der Waals surface area contributed by atoms with E-state index in [0.29, 0.717) is 13.1 Å². The van der Waals surface area contributed by atoms with Gasteiger partial charge in [-0.3, -0.25) is 9.78 Å². The van der Waals surface area contributed by atoms with Crippen LogP contribution in [0.2, 0.25) is 0 Å². The van der Waals surface area contributed by atoms with E-state index < -0.39 is 0 Å². The zero-order chi connectivity index (χ0) is 17.9. The largest absolute Gasteiger partial charge is 0.352 e. The van der Waals surface area contributed by atoms with Crippen LogP contribution in [0.15, 0.2) is 36.2 Å². The first-order valence-corrected chi connectivity index (χ1v) is 9.44. The van der Waals surface area contributed by atoms with E-state index in [9.17, 15) is 4.79 Å². The van der Waals surface area contributed by atoms with E-state index in [2.05, 4.69) is 42.8 Å². The highest BCUT2D eigenvalue weighted by Crippen LogP contribution is 2.31. The monoisotopic (exact) mass is 368 g/mol. The third kappa shape index (κ3) is 3.38. The summed E-state index contributed by atoms with van der Waals surface area (Å²) >= 11 is 1.66. The maximum atomic E-state index is 12.6. The van der Waals surface area contributed by atoms with Crippen LogP contribution in [0, 0.1) is 6.92 Å². The first-order chi connectivity index (χ1) is 12.7. The van der Waals surface area contributed by atoms with Crippen LogP contribution >= 0.6 is 11.3 Å². The van der Waals surface area contributed by atoms with Crippen LogP contribution < -0.4 is 15.5 Å². The summed E-state index contributed by atoms with van der Waals surface area (Å²) in [7, 11) is 0. The van der Waals surface area contributed by atoms with E-state index in [4.69, 9.17) is 0 Å². The van der Waals surface area contributed by atoms with E-state index in [0.717, 1.165) is 40.3 Å². The topological polar surface area (TPSA) is 83.0 Å². The molecule has 0 bridgehead atoms. The molecule has 0 saturated carbocycles. The minimum Gasteiger partial charge on any atom is -0.352 e. The van der Waals surface area contributed by atoms with Crippen LogP contribution in [0.4, 0.5) is 5.82 Å². The molecule has 3 aromatic heterocycles. The van der Waals surface area contributed by atoms with Crippen molar-refractivity contribution in [2.24, 2.45) is 0 Å². The SMILES string of the molecule is Cc1csc2c(N3CCN[C@@H](C(=O)NCc4cccnc4)C3)ncnc12. The molecule has 0 spiro atoms. The first kappa shape index (κ1) is 16.9. The Labute approximate surface area is 155 Å². The molecule has 1 amide bonds. The fraction of sp³-hybridized carbons (Fsp3) is 0.333. The number of aryl methyl sites for hydroxylation is 1. The smallest absolute Gasteiger partial charge is 0.239 e. The minimum absolute atomic E-state index is 0.00814. The molecule has 0 unspecified atom stereocenters. The standard InChI is InChI=1S/C18H20N6OS/c1-12-10-26-16-15(12)22-11-23-17(16)24-6-5-20-14(9-24)18(25)21-8-13-3-2-4-19-7-13/h2-4,7,10-11,14,20H,5-6,8-9H2,1H3,(H,21,25)/t14-/m1/s1. The number of piperazine rings is 1. The zero-order valence-electron chi connectivity index (χ0n) is 14.5. The van der Waals surface area contributed by atoms with Crippen molar-refractivity contribution in [3.8, 4) is 0 Å². The molecule has 1 aliphatic heterocycles. The van der Waals surface area contributed by atoms with Gasteiger partial charge in [0.1, 0.15) is 18.2 Å². The van der Waals surface area contributed by atoms with Gasteiger partial charge >= 0.3 is 0 Å². The molecule has 26 heavy (non-hydrogen) atoms. The van der Waals surface area contributed by atoms with Crippen molar-refractivity contribution < 1.29 is 4.79 Å². The molecule has 7 nitrogen and oxygen atoms in total. The summed E-state index contributed by atoms with van der Waals surface area (Å²) in [5.41, 5.74) is 3.14. The molecule has 0 aliphatic carbocycles. The van der Waals surface area contributed by atoms with Crippen molar-refractivity contribution in [1.29, 1.82) is 0 Å². The van der Waals surface area contributed by atoms with Gasteiger partial charge in [-0.2, -0.15) is 0 Å². The fourth-order valence-electron chi connectivity index (χ4n) is 3.12. The van der Waals surface area contributed by atoms with E-state index in [1.165, 1.54) is 0 Å². The van der Waals surface area contributed by atoms with Gasteiger partial charge in [-0.1, -0.05) is 6.07 Å². The number of carbonyl (C=O) groups excluding carboxylic acids is 1. The Morgan fingerprint density at radius 1 is 1.46 bits per heavy atom. The number of anilines is 1. The van der Waals surface area contributed by atoms with Gasteiger partial charge in [-0.25, -0.2) is 9.97 Å². The van der Waals surface area contributed by atoms with Crippen molar-refractivity contribution in [2.75, 3.05) is 24.5 Å². The van der Waals surface area contributed by atoms with Gasteiger partial charge in [0, 0.05) is 38.6 Å². The third-order valence-electron chi connectivity index (χ3n) is 4.49. The van der Waals surface area contributed by atoms with Gasteiger partial charge in [0.25, 0.3) is 0 Å². The predicted octanol–water partition coefficient (Wildman–Crippen LogP) is 1.49. The van der Waals surface area contributed by atoms with Crippen LogP contribution in [-0.4, -0.2) is 46.5 Å². The number of nitrogens with one attached hydrogen (secondary N) is 2. The molecule has 4 heterocycles. The number of aromatic nitrogens is 3. The van der Waals surface area contributed by atoms with Gasteiger partial charge in [0.05, 0.1) is 10.2 Å². The molecule has 1 fully saturated rings. The van der Waals surface area contributed by atoms with E-state index in [1.807, 2.05) is 12.1 Å². The molecule has 2 N–H and O–H groups in total. The zero-order valence-corrected chi connectivity index (χ0v) is 15.3. The Bertz CT molecular complexity index is 912. The normalized spacial score (nSPS) is 17.4. The number of pyridine rings is 1. The highest BCUT2D eigenvalue weighted by molar-refractivity contribution is 7.18. The average molecular weight is 368 g/mol. The summed E-state index contributed by atoms with van der Waals surface area (Å²) in [5.74, 6) is 0.908. The number of nitrogens with zero attached hydrogens (tertiary/aromatic N) is 4. The number of hydrogen-bond donors (Lipinski definition) is 2. The summed E-state index contributed by atoms with van der Waals surface area (Å²) in [5, 5.41) is 8.38. The number of fused-ring (bicyclic) bond motifs is 1. The lowest BCUT2D eigenvalue weighted by molar-refractivity contribution is -0.123. The lowest BCUT2D eigenvalue weighted by Crippen LogP contribution is -2.57. The lowest BCUT2D eigenvalue weighted by atomic mass is 10.2. The Morgan fingerprint density at radius 2 is 2.38 bits per heavy atom. The van der Waals surface area contributed by atoms with Crippen LogP contribution in [0.25, 0.3) is 10.2 Å². The lowest BCUT2D eigenvalue weighted by Gasteiger charge is -2.33. The molecular formula is C18H20N6OS. The van der Waals surface area contributed by atoms with Gasteiger partial charge in [-0.05, 0) is 29.5 Å². The average Bonchev–Trinajstić information content (AvgIpc) is 3.08. The van der Waals surface area contributed by atoms with Gasteiger partial charge in [0.2, 0.25) is 5.91 Å². The Balaban J connectivity index is 1.46. The minimum atomic E-state index is -0.272. The maximum Gasteiger partial charge on any atom is 0.239 e. The van der Waals surface area contributed by atoms with Crippen LogP contribution in [0.5, 0.6) is 0 Å². The number of rotatable bonds is 4. The summed E-state index contributed by atoms with van der Waals surface area (Å²) in [6.45, 7) is 4.67. The Morgan fingerprint density at radius 3 is 3.23 bits per heavy atom. The third-order valence-corrected chi connectivity index (χ3v) is 5.58. The number of carbonyl (C=O) groups is 1. The van der Waals surface area contributed by atoms with E-state index in [1.54, 1.807) is 30.1 Å². The van der Waals surface area contributed by atoms with E-state index >= 15 is 0 Å². The molecule has 4 rings (SSSR count). The predicted molar refractivity (Wildman–Crippen MR) is 102 cm³/mol. The van der Waals surface area contributed by atoms with Crippen LogP contribution in [0.1, 0.15) is 11.1 Å². The summed E-state index contributed by atoms with van der Waals surface area (Å²) in [4.78, 5) is 27.7. The molecule has 1 aliphatic rings. The maximum absolute atomic E-state index is 12.6. The van der Waals surface area contributed by atoms with Crippen molar-refractivity contribution in [2.45, 2.75) is 19.5 Å². The summed E-state index contributed by atoms with van der Waals surface area (Å²) < 4.78 is 1.08. The molecule has 0 aromatic carbocycles. The highest BCUT2D eigenvalue weighted by Gasteiger charge is 2.27. The molecule has 3 aromatic rings. The molecule has 1 saturated heterocycles. The van der Waals surface area contributed by atoms with Crippen molar-refractivity contribution in [3.05, 3.63) is 47.4 Å². The Hall–Kier alpha value is -2.58. The Kier molecular flexibility index (Phi) is 4.77. The summed E-state index contributed by atoms with van der Waals surface area (Å²) in [6.07, 6.45) is 5.09. The second kappa shape index (κ2) is 7.35. The molecule has 134 valence electrons. The summed E-state index contributed by atoms with van der Waals surface area (Å²) in [6, 6.07) is 3.54. The number of thiophene rings is 1. The van der Waals surface area contributed by atoms with Gasteiger partial charge in [0.15, 0.2) is 0 Å². The highest BCUT2D eigenvalue weighted by atomic mass is 32.1. The van der Waals surface area contributed by atoms with Gasteiger partial charge < -0.3 is 15.5 Å². The molecule has 0 radical (unpaired) electrons. The van der Waals surface area contributed by atoms with E-state index in [-0.39, 0.29) is 11.9 Å². The fourth-order valence-corrected chi connectivity index (χ4v) is 4.13. The molecule has 1 atom stereocenters. The number of hydrogen-bond acceptors (Lipinski definition) is 7. The first-order valence-electron chi connectivity index (χ1n) is 8.56. The second-order valence-electron chi connectivity index (χ2n) is 6.33. The molecular weight excluding hydrogens is 348 g/mol. The van der Waals surface area contributed by atoms with Crippen LogP contribution in [-0.2, 0) is 11.3 Å². The van der Waals surface area contributed by atoms with Crippen molar-refractivity contribution in [3.63, 3.8) is 0 Å². The number of amides is 1. The quantitative estimate of drug-likeness (QED) is 0.726. The van der Waals surface area contributed by atoms with Crippen molar-refractivity contribution >= 4 is 33.3 Å².